The Labute approximate surface area is 107 Å². The number of hydrogen-bond acceptors (Lipinski definition) is 3. The van der Waals surface area contributed by atoms with E-state index < -0.39 is 0 Å². The number of hydrogen-bond donors (Lipinski definition) is 0. The summed E-state index contributed by atoms with van der Waals surface area (Å²) in [5.41, 5.74) is 1.04. The largest absolute Gasteiger partial charge is 0.493 e. The van der Waals surface area contributed by atoms with Gasteiger partial charge in [-0.05, 0) is 37.1 Å². The molecule has 0 saturated heterocycles. The lowest BCUT2D eigenvalue weighted by atomic mass is 10.1. The Morgan fingerprint density at radius 3 is 2.76 bits per heavy atom. The molecule has 0 aromatic heterocycles. The van der Waals surface area contributed by atoms with Gasteiger partial charge in [0.05, 0.1) is 13.0 Å². The van der Waals surface area contributed by atoms with E-state index in [0.717, 1.165) is 22.8 Å². The Bertz CT molecular complexity index is 390. The lowest BCUT2D eigenvalue weighted by molar-refractivity contribution is -0.145. The predicted molar refractivity (Wildman–Crippen MR) is 67.5 cm³/mol. The van der Waals surface area contributed by atoms with Crippen LogP contribution in [0.25, 0.3) is 0 Å². The maximum absolute atomic E-state index is 11.2. The van der Waals surface area contributed by atoms with Crippen LogP contribution in [0, 0.1) is 5.92 Å². The van der Waals surface area contributed by atoms with Crippen LogP contribution in [0.15, 0.2) is 18.2 Å². The van der Waals surface area contributed by atoms with E-state index in [9.17, 15) is 4.79 Å². The van der Waals surface area contributed by atoms with E-state index in [-0.39, 0.29) is 11.9 Å². The third-order valence-corrected chi connectivity index (χ3v) is 2.87. The molecule has 1 aromatic carbocycles. The third kappa shape index (κ3) is 3.93. The van der Waals surface area contributed by atoms with Crippen LogP contribution >= 0.6 is 11.6 Å². The number of benzene rings is 1. The average molecular weight is 257 g/mol. The molecule has 3 nitrogen and oxygen atoms in total. The molecule has 94 valence electrons. The van der Waals surface area contributed by atoms with Crippen LogP contribution in [-0.4, -0.2) is 19.7 Å². The molecule has 1 rings (SSSR count). The molecule has 0 radical (unpaired) electrons. The zero-order valence-electron chi connectivity index (χ0n) is 10.3. The Kier molecular flexibility index (Phi) is 5.29. The van der Waals surface area contributed by atoms with E-state index in [1.807, 2.05) is 13.0 Å². The first-order chi connectivity index (χ1) is 8.08. The van der Waals surface area contributed by atoms with Gasteiger partial charge in [0.25, 0.3) is 0 Å². The van der Waals surface area contributed by atoms with Crippen molar-refractivity contribution in [1.29, 1.82) is 0 Å². The first-order valence-electron chi connectivity index (χ1n) is 5.57. The van der Waals surface area contributed by atoms with Gasteiger partial charge in [-0.1, -0.05) is 18.5 Å². The molecule has 0 N–H and O–H groups in total. The van der Waals surface area contributed by atoms with Gasteiger partial charge in [0.2, 0.25) is 0 Å². The fraction of sp³-hybridized carbons (Fsp3) is 0.462. The molecule has 0 fully saturated rings. The van der Waals surface area contributed by atoms with E-state index in [4.69, 9.17) is 16.3 Å². The maximum atomic E-state index is 11.2. The summed E-state index contributed by atoms with van der Waals surface area (Å²) >= 11 is 6.00. The fourth-order valence-corrected chi connectivity index (χ4v) is 1.65. The van der Waals surface area contributed by atoms with Crippen molar-refractivity contribution in [3.05, 3.63) is 28.8 Å². The minimum atomic E-state index is -0.277. The summed E-state index contributed by atoms with van der Waals surface area (Å²) in [6.45, 7) is 4.10. The SMILES string of the molecule is CCc1cc(OCC(C)C(=O)OC)ccc1Cl. The summed E-state index contributed by atoms with van der Waals surface area (Å²) < 4.78 is 10.2. The summed E-state index contributed by atoms with van der Waals surface area (Å²) in [7, 11) is 1.37. The lowest BCUT2D eigenvalue weighted by Crippen LogP contribution is -2.20. The second kappa shape index (κ2) is 6.50. The Morgan fingerprint density at radius 2 is 2.18 bits per heavy atom. The number of carbonyl (C=O) groups excluding carboxylic acids is 1. The Balaban J connectivity index is 2.60. The Morgan fingerprint density at radius 1 is 1.47 bits per heavy atom. The van der Waals surface area contributed by atoms with E-state index >= 15 is 0 Å². The van der Waals surface area contributed by atoms with Crippen molar-refractivity contribution < 1.29 is 14.3 Å². The number of aryl methyl sites for hydroxylation is 1. The standard InChI is InChI=1S/C13H17ClO3/c1-4-10-7-11(5-6-12(10)14)17-8-9(2)13(15)16-3/h5-7,9H,4,8H2,1-3H3. The Hall–Kier alpha value is -1.22. The first-order valence-corrected chi connectivity index (χ1v) is 5.95. The monoisotopic (exact) mass is 256 g/mol. The molecule has 0 aliphatic carbocycles. The number of esters is 1. The molecule has 1 unspecified atom stereocenters. The highest BCUT2D eigenvalue weighted by Crippen LogP contribution is 2.22. The average Bonchev–Trinajstić information content (AvgIpc) is 2.36. The molecular formula is C13H17ClO3. The molecule has 0 saturated carbocycles. The second-order valence-corrected chi connectivity index (χ2v) is 4.25. The number of carbonyl (C=O) groups is 1. The number of methoxy groups -OCH3 is 1. The highest BCUT2D eigenvalue weighted by atomic mass is 35.5. The van der Waals surface area contributed by atoms with Gasteiger partial charge in [-0.25, -0.2) is 0 Å². The topological polar surface area (TPSA) is 35.5 Å². The van der Waals surface area contributed by atoms with Gasteiger partial charge in [0.15, 0.2) is 0 Å². The van der Waals surface area contributed by atoms with Crippen LogP contribution in [0.4, 0.5) is 0 Å². The van der Waals surface area contributed by atoms with E-state index in [1.54, 1.807) is 19.1 Å². The molecule has 0 amide bonds. The predicted octanol–water partition coefficient (Wildman–Crippen LogP) is 3.09. The molecule has 0 bridgehead atoms. The first kappa shape index (κ1) is 13.8. The van der Waals surface area contributed by atoms with E-state index in [1.165, 1.54) is 7.11 Å². The summed E-state index contributed by atoms with van der Waals surface area (Å²) in [5.74, 6) is 0.178. The van der Waals surface area contributed by atoms with Gasteiger partial charge >= 0.3 is 5.97 Å². The molecule has 17 heavy (non-hydrogen) atoms. The minimum absolute atomic E-state index is 0.269. The highest BCUT2D eigenvalue weighted by molar-refractivity contribution is 6.31. The van der Waals surface area contributed by atoms with Gasteiger partial charge in [-0.3, -0.25) is 4.79 Å². The summed E-state index contributed by atoms with van der Waals surface area (Å²) in [6.07, 6.45) is 0.850. The van der Waals surface area contributed by atoms with E-state index in [0.29, 0.717) is 6.61 Å². The quantitative estimate of drug-likeness (QED) is 0.760. The van der Waals surface area contributed by atoms with Crippen molar-refractivity contribution in [2.45, 2.75) is 20.3 Å². The number of halogens is 1. The van der Waals surface area contributed by atoms with Gasteiger partial charge in [0.1, 0.15) is 12.4 Å². The van der Waals surface area contributed by atoms with E-state index in [2.05, 4.69) is 4.74 Å². The summed E-state index contributed by atoms with van der Waals surface area (Å²) in [6, 6.07) is 5.50. The number of rotatable bonds is 5. The minimum Gasteiger partial charge on any atom is -0.493 e. The van der Waals surface area contributed by atoms with Crippen LogP contribution in [-0.2, 0) is 16.0 Å². The molecule has 4 heteroatoms. The molecule has 0 heterocycles. The molecule has 0 aliphatic heterocycles. The van der Waals surface area contributed by atoms with Gasteiger partial charge < -0.3 is 9.47 Å². The zero-order valence-corrected chi connectivity index (χ0v) is 11.1. The summed E-state index contributed by atoms with van der Waals surface area (Å²) in [5, 5.41) is 0.737. The van der Waals surface area contributed by atoms with Crippen molar-refractivity contribution in [2.24, 2.45) is 5.92 Å². The van der Waals surface area contributed by atoms with Crippen molar-refractivity contribution in [2.75, 3.05) is 13.7 Å². The molecule has 1 aromatic rings. The smallest absolute Gasteiger partial charge is 0.311 e. The van der Waals surface area contributed by atoms with Crippen LogP contribution < -0.4 is 4.74 Å². The van der Waals surface area contributed by atoms with Crippen molar-refractivity contribution in [3.8, 4) is 5.75 Å². The molecule has 1 atom stereocenters. The van der Waals surface area contributed by atoms with Gasteiger partial charge in [-0.2, -0.15) is 0 Å². The molecule has 0 aliphatic rings. The summed E-state index contributed by atoms with van der Waals surface area (Å²) in [4.78, 5) is 11.2. The number of ether oxygens (including phenoxy) is 2. The molecular weight excluding hydrogens is 240 g/mol. The van der Waals surface area contributed by atoms with Crippen molar-refractivity contribution in [3.63, 3.8) is 0 Å². The lowest BCUT2D eigenvalue weighted by Gasteiger charge is -2.12. The van der Waals surface area contributed by atoms with Crippen LogP contribution in [0.5, 0.6) is 5.75 Å². The maximum Gasteiger partial charge on any atom is 0.311 e. The van der Waals surface area contributed by atoms with Crippen molar-refractivity contribution in [1.82, 2.24) is 0 Å². The van der Waals surface area contributed by atoms with Gasteiger partial charge in [-0.15, -0.1) is 0 Å². The normalized spacial score (nSPS) is 12.0. The van der Waals surface area contributed by atoms with Crippen LogP contribution in [0.2, 0.25) is 5.02 Å². The second-order valence-electron chi connectivity index (χ2n) is 3.84. The fourth-order valence-electron chi connectivity index (χ4n) is 1.40. The van der Waals surface area contributed by atoms with Gasteiger partial charge in [0, 0.05) is 5.02 Å². The van der Waals surface area contributed by atoms with Crippen LogP contribution in [0.3, 0.4) is 0 Å². The third-order valence-electron chi connectivity index (χ3n) is 2.50. The van der Waals surface area contributed by atoms with Crippen LogP contribution in [0.1, 0.15) is 19.4 Å². The zero-order chi connectivity index (χ0) is 12.8. The highest BCUT2D eigenvalue weighted by Gasteiger charge is 2.13. The van der Waals surface area contributed by atoms with Crippen molar-refractivity contribution >= 4 is 17.6 Å². The molecule has 0 spiro atoms.